The van der Waals surface area contributed by atoms with Crippen molar-refractivity contribution in [1.29, 1.82) is 0 Å². The number of aromatic nitrogens is 3. The first-order valence-corrected chi connectivity index (χ1v) is 5.17. The predicted octanol–water partition coefficient (Wildman–Crippen LogP) is 0.558. The molecule has 2 aromatic rings. The highest BCUT2D eigenvalue weighted by Crippen LogP contribution is 2.20. The van der Waals surface area contributed by atoms with Crippen LogP contribution in [0.1, 0.15) is 10.4 Å². The summed E-state index contributed by atoms with van der Waals surface area (Å²) in [7, 11) is 1.68. The van der Waals surface area contributed by atoms with Crippen LogP contribution in [0.3, 0.4) is 0 Å². The molecule has 2 heterocycles. The van der Waals surface area contributed by atoms with Gasteiger partial charge in [-0.2, -0.15) is 5.10 Å². The molecule has 0 fully saturated rings. The summed E-state index contributed by atoms with van der Waals surface area (Å²) >= 11 is 0. The van der Waals surface area contributed by atoms with Crippen molar-refractivity contribution in [2.24, 2.45) is 7.05 Å². The zero-order valence-corrected chi connectivity index (χ0v) is 9.90. The number of nitrogens with zero attached hydrogens (tertiary/aromatic N) is 4. The molecule has 0 aliphatic heterocycles. The highest BCUT2D eigenvalue weighted by atomic mass is 16.6. The molecule has 0 spiro atoms. The van der Waals surface area contributed by atoms with Gasteiger partial charge in [0, 0.05) is 13.2 Å². The smallest absolute Gasteiger partial charge is 0.300 e. The molecule has 0 radical (unpaired) electrons. The van der Waals surface area contributed by atoms with Crippen LogP contribution in [-0.4, -0.2) is 25.6 Å². The van der Waals surface area contributed by atoms with E-state index in [4.69, 9.17) is 5.73 Å². The van der Waals surface area contributed by atoms with Gasteiger partial charge in [0.05, 0.1) is 16.8 Å². The molecule has 0 atom stereocenters. The second-order valence-electron chi connectivity index (χ2n) is 3.74. The molecule has 2 aromatic heterocycles. The van der Waals surface area contributed by atoms with E-state index in [0.29, 0.717) is 5.69 Å². The molecular weight excluding hydrogens is 252 g/mol. The fourth-order valence-electron chi connectivity index (χ4n) is 1.48. The van der Waals surface area contributed by atoms with Crippen LogP contribution >= 0.6 is 0 Å². The largest absolute Gasteiger partial charge is 0.384 e. The number of carbonyl (C=O) groups excluding carboxylic acids is 1. The summed E-state index contributed by atoms with van der Waals surface area (Å²) < 4.78 is 1.49. The molecule has 1 amide bonds. The molecule has 0 aliphatic carbocycles. The average Bonchev–Trinajstić information content (AvgIpc) is 2.74. The maximum absolute atomic E-state index is 12.0. The SMILES string of the molecule is Cn1cc(NC(=O)c2cc(N)ncc2[N+](=O)[O-])cn1. The number of aryl methyl sites for hydroxylation is 1. The molecule has 9 nitrogen and oxygen atoms in total. The summed E-state index contributed by atoms with van der Waals surface area (Å²) in [5.41, 5.74) is 5.30. The van der Waals surface area contributed by atoms with E-state index in [9.17, 15) is 14.9 Å². The Morgan fingerprint density at radius 1 is 1.53 bits per heavy atom. The van der Waals surface area contributed by atoms with Crippen LogP contribution in [0.4, 0.5) is 17.2 Å². The van der Waals surface area contributed by atoms with Gasteiger partial charge in [0.2, 0.25) is 0 Å². The van der Waals surface area contributed by atoms with Gasteiger partial charge in [0.25, 0.3) is 11.6 Å². The number of nitrogens with one attached hydrogen (secondary N) is 1. The Kier molecular flexibility index (Phi) is 3.10. The highest BCUT2D eigenvalue weighted by Gasteiger charge is 2.21. The number of pyridine rings is 1. The molecule has 0 aliphatic rings. The first kappa shape index (κ1) is 12.5. The van der Waals surface area contributed by atoms with E-state index in [0.717, 1.165) is 12.3 Å². The minimum Gasteiger partial charge on any atom is -0.384 e. The Hall–Kier alpha value is -2.97. The maximum atomic E-state index is 12.0. The molecule has 0 unspecified atom stereocenters. The number of nitrogen functional groups attached to an aromatic ring is 1. The minimum atomic E-state index is -0.690. The second kappa shape index (κ2) is 4.72. The number of nitro groups is 1. The summed E-state index contributed by atoms with van der Waals surface area (Å²) in [6.45, 7) is 0. The Bertz CT molecular complexity index is 650. The van der Waals surface area contributed by atoms with Crippen LogP contribution in [0, 0.1) is 10.1 Å². The summed E-state index contributed by atoms with van der Waals surface area (Å²) in [6.07, 6.45) is 3.94. The van der Waals surface area contributed by atoms with E-state index < -0.39 is 16.5 Å². The number of nitrogens with two attached hydrogens (primary N) is 1. The Morgan fingerprint density at radius 2 is 2.26 bits per heavy atom. The molecule has 0 saturated heterocycles. The van der Waals surface area contributed by atoms with Crippen molar-refractivity contribution in [2.45, 2.75) is 0 Å². The van der Waals surface area contributed by atoms with E-state index in [-0.39, 0.29) is 11.4 Å². The van der Waals surface area contributed by atoms with Crippen LogP contribution in [0.5, 0.6) is 0 Å². The Morgan fingerprint density at radius 3 is 2.84 bits per heavy atom. The third kappa shape index (κ3) is 2.65. The van der Waals surface area contributed by atoms with Crippen molar-refractivity contribution in [2.75, 3.05) is 11.1 Å². The van der Waals surface area contributed by atoms with Crippen LogP contribution in [-0.2, 0) is 7.05 Å². The van der Waals surface area contributed by atoms with E-state index in [1.165, 1.54) is 10.9 Å². The topological polar surface area (TPSA) is 129 Å². The molecule has 2 rings (SSSR count). The fourth-order valence-corrected chi connectivity index (χ4v) is 1.48. The predicted molar refractivity (Wildman–Crippen MR) is 66.5 cm³/mol. The highest BCUT2D eigenvalue weighted by molar-refractivity contribution is 6.07. The van der Waals surface area contributed by atoms with Crippen molar-refractivity contribution < 1.29 is 9.72 Å². The van der Waals surface area contributed by atoms with Crippen molar-refractivity contribution in [3.8, 4) is 0 Å². The lowest BCUT2D eigenvalue weighted by atomic mass is 10.2. The lowest BCUT2D eigenvalue weighted by Crippen LogP contribution is -2.14. The van der Waals surface area contributed by atoms with Crippen LogP contribution in [0.15, 0.2) is 24.7 Å². The Balaban J connectivity index is 2.32. The van der Waals surface area contributed by atoms with Gasteiger partial charge in [0.15, 0.2) is 0 Å². The van der Waals surface area contributed by atoms with Gasteiger partial charge in [-0.1, -0.05) is 0 Å². The number of hydrogen-bond acceptors (Lipinski definition) is 6. The minimum absolute atomic E-state index is 0.0296. The summed E-state index contributed by atoms with van der Waals surface area (Å²) in [6, 6.07) is 1.16. The van der Waals surface area contributed by atoms with Crippen molar-refractivity contribution >= 4 is 23.1 Å². The molecule has 0 saturated carbocycles. The number of hydrogen-bond donors (Lipinski definition) is 2. The van der Waals surface area contributed by atoms with Gasteiger partial charge in [-0.3, -0.25) is 19.6 Å². The second-order valence-corrected chi connectivity index (χ2v) is 3.74. The number of anilines is 2. The first-order chi connectivity index (χ1) is 8.97. The monoisotopic (exact) mass is 262 g/mol. The lowest BCUT2D eigenvalue weighted by molar-refractivity contribution is -0.385. The average molecular weight is 262 g/mol. The van der Waals surface area contributed by atoms with Gasteiger partial charge in [-0.05, 0) is 6.07 Å². The van der Waals surface area contributed by atoms with Gasteiger partial charge < -0.3 is 11.1 Å². The normalized spacial score (nSPS) is 10.2. The van der Waals surface area contributed by atoms with Crippen molar-refractivity contribution in [1.82, 2.24) is 14.8 Å². The van der Waals surface area contributed by atoms with Gasteiger partial charge in [0.1, 0.15) is 17.6 Å². The van der Waals surface area contributed by atoms with Gasteiger partial charge in [-0.25, -0.2) is 4.98 Å². The molecule has 98 valence electrons. The first-order valence-electron chi connectivity index (χ1n) is 5.17. The van der Waals surface area contributed by atoms with Crippen LogP contribution < -0.4 is 11.1 Å². The van der Waals surface area contributed by atoms with E-state index in [2.05, 4.69) is 15.4 Å². The van der Waals surface area contributed by atoms with Crippen LogP contribution in [0.2, 0.25) is 0 Å². The zero-order chi connectivity index (χ0) is 14.0. The van der Waals surface area contributed by atoms with Gasteiger partial charge >= 0.3 is 0 Å². The molecule has 0 aromatic carbocycles. The zero-order valence-electron chi connectivity index (χ0n) is 9.90. The quantitative estimate of drug-likeness (QED) is 0.614. The molecule has 0 bridgehead atoms. The van der Waals surface area contributed by atoms with Crippen molar-refractivity contribution in [3.05, 3.63) is 40.3 Å². The summed E-state index contributed by atoms with van der Waals surface area (Å²) in [4.78, 5) is 25.7. The third-order valence-corrected chi connectivity index (χ3v) is 2.31. The maximum Gasteiger partial charge on any atom is 0.300 e. The van der Waals surface area contributed by atoms with Gasteiger partial charge in [-0.15, -0.1) is 0 Å². The molecule has 19 heavy (non-hydrogen) atoms. The standard InChI is InChI=1S/C10H10N6O3/c1-15-5-6(3-13-15)14-10(17)7-2-9(11)12-4-8(7)16(18)19/h2-5H,1H3,(H2,11,12)(H,14,17). The number of rotatable bonds is 3. The summed E-state index contributed by atoms with van der Waals surface area (Å²) in [5.74, 6) is -0.615. The molecule has 3 N–H and O–H groups in total. The Labute approximate surface area is 107 Å². The van der Waals surface area contributed by atoms with E-state index in [1.807, 2.05) is 0 Å². The van der Waals surface area contributed by atoms with Crippen LogP contribution in [0.25, 0.3) is 0 Å². The molecule has 9 heteroatoms. The third-order valence-electron chi connectivity index (χ3n) is 2.31. The summed E-state index contributed by atoms with van der Waals surface area (Å²) in [5, 5.41) is 17.2. The van der Waals surface area contributed by atoms with E-state index >= 15 is 0 Å². The lowest BCUT2D eigenvalue weighted by Gasteiger charge is -2.04. The van der Waals surface area contributed by atoms with Crippen molar-refractivity contribution in [3.63, 3.8) is 0 Å². The number of amides is 1. The fraction of sp³-hybridized carbons (Fsp3) is 0.100. The molecular formula is C10H10N6O3. The number of carbonyl (C=O) groups is 1. The van der Waals surface area contributed by atoms with E-state index in [1.54, 1.807) is 13.2 Å².